The molecule has 0 radical (unpaired) electrons. The average Bonchev–Trinajstić information content (AvgIpc) is 3.06. The van der Waals surface area contributed by atoms with Crippen LogP contribution in [0.25, 0.3) is 0 Å². The molecule has 0 spiro atoms. The smallest absolute Gasteiger partial charge is 0.118 e. The Labute approximate surface area is 88.8 Å². The van der Waals surface area contributed by atoms with Gasteiger partial charge in [-0.05, 0) is 6.92 Å². The molecule has 0 aliphatic carbocycles. The van der Waals surface area contributed by atoms with Gasteiger partial charge in [0.2, 0.25) is 0 Å². The predicted octanol–water partition coefficient (Wildman–Crippen LogP) is 0.00510. The van der Waals surface area contributed by atoms with Gasteiger partial charge in [-0.2, -0.15) is 0 Å². The maximum absolute atomic E-state index is 9.34. The fourth-order valence-corrected chi connectivity index (χ4v) is 1.60. The Morgan fingerprint density at radius 1 is 1.13 bits per heavy atom. The quantitative estimate of drug-likeness (QED) is 0.497. The summed E-state index contributed by atoms with van der Waals surface area (Å²) in [5.74, 6) is 0. The number of hydrogen-bond acceptors (Lipinski definition) is 4. The summed E-state index contributed by atoms with van der Waals surface area (Å²) < 4.78 is 10.4. The molecule has 2 rings (SSSR count). The highest BCUT2D eigenvalue weighted by atomic mass is 16.6. The van der Waals surface area contributed by atoms with Crippen molar-refractivity contribution in [2.45, 2.75) is 43.5 Å². The third kappa shape index (κ3) is 2.46. The van der Waals surface area contributed by atoms with Crippen molar-refractivity contribution in [3.63, 3.8) is 0 Å². The predicted molar refractivity (Wildman–Crippen MR) is 54.3 cm³/mol. The van der Waals surface area contributed by atoms with Crippen molar-refractivity contribution in [3.8, 4) is 0 Å². The minimum absolute atomic E-state index is 0.00396. The maximum atomic E-state index is 9.34. The van der Waals surface area contributed by atoms with Crippen molar-refractivity contribution in [3.05, 3.63) is 24.8 Å². The van der Waals surface area contributed by atoms with E-state index in [9.17, 15) is 10.2 Å². The summed E-state index contributed by atoms with van der Waals surface area (Å²) >= 11 is 0. The summed E-state index contributed by atoms with van der Waals surface area (Å²) in [7, 11) is 0. The summed E-state index contributed by atoms with van der Waals surface area (Å²) in [6, 6.07) is 0. The highest BCUT2D eigenvalue weighted by molar-refractivity contribution is 5.13. The van der Waals surface area contributed by atoms with Crippen LogP contribution >= 0.6 is 0 Å². The highest BCUT2D eigenvalue weighted by Gasteiger charge is 2.44. The fraction of sp³-hybridized carbons (Fsp3) is 0.636. The summed E-state index contributed by atoms with van der Waals surface area (Å²) in [6.07, 6.45) is 3.87. The molecule has 84 valence electrons. The molecule has 2 aliphatic rings. The SMILES string of the molecule is C=C[C@H](O)[C@H]1O[C@@H]1C=C[C@H]1O[C@@H]1[C@H](C)O. The second-order valence-electron chi connectivity index (χ2n) is 3.98. The largest absolute Gasteiger partial charge is 0.391 e. The number of epoxide rings is 2. The molecule has 2 fully saturated rings. The molecule has 15 heavy (non-hydrogen) atoms. The number of hydrogen-bond donors (Lipinski definition) is 2. The molecule has 4 nitrogen and oxygen atoms in total. The van der Waals surface area contributed by atoms with Crippen molar-refractivity contribution < 1.29 is 19.7 Å². The lowest BCUT2D eigenvalue weighted by molar-refractivity contribution is 0.152. The molecular formula is C11H16O4. The van der Waals surface area contributed by atoms with Crippen molar-refractivity contribution >= 4 is 0 Å². The van der Waals surface area contributed by atoms with E-state index in [1.807, 2.05) is 12.2 Å². The Morgan fingerprint density at radius 2 is 1.67 bits per heavy atom. The first-order valence-electron chi connectivity index (χ1n) is 5.11. The third-order valence-corrected chi connectivity index (χ3v) is 2.67. The van der Waals surface area contributed by atoms with E-state index >= 15 is 0 Å². The standard InChI is InChI=1S/C11H16O4/c1-3-7(13)11-9(15-11)5-4-8-10(14-8)6(2)12/h3-13H,1H2,2H3/t6-,7-,8+,9+,10+,11+/m0/s1. The molecule has 6 atom stereocenters. The molecule has 4 heteroatoms. The minimum Gasteiger partial charge on any atom is -0.391 e. The van der Waals surface area contributed by atoms with E-state index in [1.54, 1.807) is 6.92 Å². The number of ether oxygens (including phenoxy) is 2. The summed E-state index contributed by atoms with van der Waals surface area (Å²) in [4.78, 5) is 0. The van der Waals surface area contributed by atoms with E-state index in [4.69, 9.17) is 9.47 Å². The lowest BCUT2D eigenvalue weighted by Gasteiger charge is -1.96. The van der Waals surface area contributed by atoms with Crippen LogP contribution in [0.3, 0.4) is 0 Å². The van der Waals surface area contributed by atoms with Gasteiger partial charge in [-0.15, -0.1) is 6.58 Å². The molecule has 0 unspecified atom stereocenters. The van der Waals surface area contributed by atoms with E-state index in [2.05, 4.69) is 6.58 Å². The van der Waals surface area contributed by atoms with Crippen LogP contribution in [0.2, 0.25) is 0 Å². The van der Waals surface area contributed by atoms with Gasteiger partial charge in [-0.25, -0.2) is 0 Å². The Bertz CT molecular complexity index is 274. The first-order chi connectivity index (χ1) is 7.13. The molecule has 0 amide bonds. The molecule has 0 aromatic rings. The second kappa shape index (κ2) is 4.06. The van der Waals surface area contributed by atoms with Gasteiger partial charge in [0.05, 0.1) is 6.10 Å². The van der Waals surface area contributed by atoms with Crippen molar-refractivity contribution in [1.29, 1.82) is 0 Å². The lowest BCUT2D eigenvalue weighted by atomic mass is 10.1. The monoisotopic (exact) mass is 212 g/mol. The van der Waals surface area contributed by atoms with Crippen LogP contribution in [0.15, 0.2) is 24.8 Å². The average molecular weight is 212 g/mol. The topological polar surface area (TPSA) is 65.5 Å². The Hall–Kier alpha value is -0.680. The molecule has 0 bridgehead atoms. The van der Waals surface area contributed by atoms with Crippen molar-refractivity contribution in [1.82, 2.24) is 0 Å². The van der Waals surface area contributed by atoms with E-state index in [-0.39, 0.29) is 24.4 Å². The normalized spacial score (nSPS) is 42.6. The van der Waals surface area contributed by atoms with Gasteiger partial charge in [0.1, 0.15) is 30.5 Å². The molecule has 2 saturated heterocycles. The zero-order chi connectivity index (χ0) is 11.0. The van der Waals surface area contributed by atoms with Crippen LogP contribution in [0.5, 0.6) is 0 Å². The molecule has 0 aromatic heterocycles. The summed E-state index contributed by atoms with van der Waals surface area (Å²) in [5, 5.41) is 18.5. The van der Waals surface area contributed by atoms with Crippen molar-refractivity contribution in [2.75, 3.05) is 0 Å². The minimum atomic E-state index is -0.604. The van der Waals surface area contributed by atoms with Gasteiger partial charge in [-0.3, -0.25) is 0 Å². The van der Waals surface area contributed by atoms with Crippen LogP contribution in [0.1, 0.15) is 6.92 Å². The molecule has 2 heterocycles. The Morgan fingerprint density at radius 3 is 2.13 bits per heavy atom. The number of aliphatic hydroxyl groups is 2. The molecule has 2 aliphatic heterocycles. The van der Waals surface area contributed by atoms with Crippen LogP contribution in [0, 0.1) is 0 Å². The third-order valence-electron chi connectivity index (χ3n) is 2.67. The summed E-state index contributed by atoms with van der Waals surface area (Å²) in [6.45, 7) is 5.19. The second-order valence-corrected chi connectivity index (χ2v) is 3.98. The van der Waals surface area contributed by atoms with Crippen LogP contribution in [0.4, 0.5) is 0 Å². The first-order valence-corrected chi connectivity index (χ1v) is 5.11. The lowest BCUT2D eigenvalue weighted by Crippen LogP contribution is -2.12. The molecule has 0 saturated carbocycles. The molecule has 0 aromatic carbocycles. The number of rotatable bonds is 5. The van der Waals surface area contributed by atoms with Crippen LogP contribution < -0.4 is 0 Å². The highest BCUT2D eigenvalue weighted by Crippen LogP contribution is 2.31. The van der Waals surface area contributed by atoms with Crippen molar-refractivity contribution in [2.24, 2.45) is 0 Å². The fourth-order valence-electron chi connectivity index (χ4n) is 1.60. The number of aliphatic hydroxyl groups excluding tert-OH is 2. The van der Waals surface area contributed by atoms with Crippen LogP contribution in [-0.2, 0) is 9.47 Å². The van der Waals surface area contributed by atoms with Gasteiger partial charge in [0, 0.05) is 0 Å². The van der Waals surface area contributed by atoms with Gasteiger partial charge >= 0.3 is 0 Å². The zero-order valence-corrected chi connectivity index (χ0v) is 8.61. The van der Waals surface area contributed by atoms with Gasteiger partial charge in [0.15, 0.2) is 0 Å². The summed E-state index contributed by atoms with van der Waals surface area (Å²) in [5.41, 5.74) is 0. The molecule has 2 N–H and O–H groups in total. The van der Waals surface area contributed by atoms with E-state index in [0.717, 1.165) is 0 Å². The van der Waals surface area contributed by atoms with Gasteiger partial charge in [0.25, 0.3) is 0 Å². The van der Waals surface area contributed by atoms with Gasteiger partial charge < -0.3 is 19.7 Å². The van der Waals surface area contributed by atoms with E-state index in [0.29, 0.717) is 0 Å². The van der Waals surface area contributed by atoms with Gasteiger partial charge in [-0.1, -0.05) is 18.2 Å². The first kappa shape index (κ1) is 10.8. The maximum Gasteiger partial charge on any atom is 0.118 e. The van der Waals surface area contributed by atoms with E-state index < -0.39 is 12.2 Å². The van der Waals surface area contributed by atoms with Crippen LogP contribution in [-0.4, -0.2) is 46.8 Å². The Balaban J connectivity index is 1.72. The van der Waals surface area contributed by atoms with E-state index in [1.165, 1.54) is 6.08 Å². The zero-order valence-electron chi connectivity index (χ0n) is 8.61. The molecular weight excluding hydrogens is 196 g/mol. The Kier molecular flexibility index (Phi) is 2.93.